The van der Waals surface area contributed by atoms with Crippen molar-refractivity contribution in [3.63, 3.8) is 0 Å². The van der Waals surface area contributed by atoms with Gasteiger partial charge in [0.15, 0.2) is 0 Å². The van der Waals surface area contributed by atoms with Crippen molar-refractivity contribution in [2.75, 3.05) is 19.8 Å². The van der Waals surface area contributed by atoms with Crippen LogP contribution in [-0.2, 0) is 9.47 Å². The molecule has 1 heterocycles. The fourth-order valence-electron chi connectivity index (χ4n) is 1.92. The summed E-state index contributed by atoms with van der Waals surface area (Å²) in [6.07, 6.45) is 6.52. The highest BCUT2D eigenvalue weighted by Crippen LogP contribution is 2.29. The lowest BCUT2D eigenvalue weighted by Gasteiger charge is -2.29. The van der Waals surface area contributed by atoms with Crippen molar-refractivity contribution in [2.24, 2.45) is 5.41 Å². The predicted octanol–water partition coefficient (Wildman–Crippen LogP) is 3.40. The van der Waals surface area contributed by atoms with Crippen molar-refractivity contribution < 1.29 is 9.47 Å². The third-order valence-electron chi connectivity index (χ3n) is 3.54. The maximum atomic E-state index is 5.93. The summed E-state index contributed by atoms with van der Waals surface area (Å²) in [5.74, 6) is 0. The molecule has 0 spiro atoms. The van der Waals surface area contributed by atoms with Crippen molar-refractivity contribution >= 4 is 0 Å². The highest BCUT2D eigenvalue weighted by atomic mass is 16.5. The third kappa shape index (κ3) is 4.52. The predicted molar refractivity (Wildman–Crippen MR) is 63.1 cm³/mol. The molecule has 0 N–H and O–H groups in total. The van der Waals surface area contributed by atoms with Crippen LogP contribution in [0.2, 0.25) is 0 Å². The Morgan fingerprint density at radius 1 is 1.40 bits per heavy atom. The second-order valence-electron chi connectivity index (χ2n) is 5.06. The van der Waals surface area contributed by atoms with E-state index in [-0.39, 0.29) is 0 Å². The highest BCUT2D eigenvalue weighted by Gasteiger charge is 2.25. The molecule has 1 saturated heterocycles. The van der Waals surface area contributed by atoms with E-state index >= 15 is 0 Å². The molecule has 0 aromatic heterocycles. The first kappa shape index (κ1) is 13.0. The molecular weight excluding hydrogens is 188 g/mol. The Labute approximate surface area is 94.3 Å². The van der Waals surface area contributed by atoms with E-state index in [1.54, 1.807) is 0 Å². The molecule has 0 aromatic carbocycles. The first-order valence-electron chi connectivity index (χ1n) is 6.39. The Morgan fingerprint density at radius 2 is 2.20 bits per heavy atom. The van der Waals surface area contributed by atoms with Crippen LogP contribution in [0.5, 0.6) is 0 Å². The lowest BCUT2D eigenvalue weighted by atomic mass is 9.83. The van der Waals surface area contributed by atoms with E-state index in [0.717, 1.165) is 26.2 Å². The Bertz CT molecular complexity index is 164. The number of ether oxygens (including phenoxy) is 2. The van der Waals surface area contributed by atoms with Crippen LogP contribution in [0.3, 0.4) is 0 Å². The Hall–Kier alpha value is -0.0800. The average molecular weight is 214 g/mol. The third-order valence-corrected chi connectivity index (χ3v) is 3.54. The first-order chi connectivity index (χ1) is 7.20. The van der Waals surface area contributed by atoms with Gasteiger partial charge in [-0.2, -0.15) is 0 Å². The zero-order chi connectivity index (χ0) is 11.1. The van der Waals surface area contributed by atoms with Crippen LogP contribution in [0.15, 0.2) is 0 Å². The van der Waals surface area contributed by atoms with Gasteiger partial charge in [-0.05, 0) is 24.7 Å². The average Bonchev–Trinajstić information content (AvgIpc) is 2.76. The molecule has 90 valence electrons. The van der Waals surface area contributed by atoms with E-state index < -0.39 is 0 Å². The zero-order valence-corrected chi connectivity index (χ0v) is 10.6. The van der Waals surface area contributed by atoms with Crippen molar-refractivity contribution in [1.29, 1.82) is 0 Å². The van der Waals surface area contributed by atoms with Gasteiger partial charge in [-0.15, -0.1) is 0 Å². The van der Waals surface area contributed by atoms with Gasteiger partial charge in [0.1, 0.15) is 0 Å². The summed E-state index contributed by atoms with van der Waals surface area (Å²) in [7, 11) is 0. The standard InChI is InChI=1S/C13H26O2/c1-4-6-8-13(3,5-2)11-15-12-7-9-14-10-12/h12H,4-11H2,1-3H3/t12-,13?/m0/s1. The van der Waals surface area contributed by atoms with E-state index in [9.17, 15) is 0 Å². The molecule has 1 fully saturated rings. The molecule has 0 bridgehead atoms. The van der Waals surface area contributed by atoms with Crippen molar-refractivity contribution in [3.8, 4) is 0 Å². The summed E-state index contributed by atoms with van der Waals surface area (Å²) in [6.45, 7) is 9.44. The summed E-state index contributed by atoms with van der Waals surface area (Å²) in [6, 6.07) is 0. The molecule has 0 saturated carbocycles. The van der Waals surface area contributed by atoms with Gasteiger partial charge in [0.25, 0.3) is 0 Å². The molecular formula is C13H26O2. The molecule has 0 aliphatic carbocycles. The van der Waals surface area contributed by atoms with Crippen molar-refractivity contribution in [3.05, 3.63) is 0 Å². The van der Waals surface area contributed by atoms with E-state index in [1.807, 2.05) is 0 Å². The molecule has 2 atom stereocenters. The Kier molecular flexibility index (Phi) is 5.62. The topological polar surface area (TPSA) is 18.5 Å². The summed E-state index contributed by atoms with van der Waals surface area (Å²) in [5.41, 5.74) is 0.374. The molecule has 1 unspecified atom stereocenters. The van der Waals surface area contributed by atoms with E-state index in [0.29, 0.717) is 11.5 Å². The quantitative estimate of drug-likeness (QED) is 0.646. The van der Waals surface area contributed by atoms with Gasteiger partial charge in [-0.25, -0.2) is 0 Å². The molecule has 1 aliphatic heterocycles. The number of hydrogen-bond acceptors (Lipinski definition) is 2. The second kappa shape index (κ2) is 6.49. The van der Waals surface area contributed by atoms with E-state index in [1.165, 1.54) is 25.7 Å². The summed E-state index contributed by atoms with van der Waals surface area (Å²) < 4.78 is 11.2. The Balaban J connectivity index is 2.24. The molecule has 2 nitrogen and oxygen atoms in total. The van der Waals surface area contributed by atoms with E-state index in [2.05, 4.69) is 20.8 Å². The fraction of sp³-hybridized carbons (Fsp3) is 1.00. The minimum atomic E-state index is 0.359. The number of rotatable bonds is 7. The molecule has 1 aliphatic rings. The minimum absolute atomic E-state index is 0.359. The van der Waals surface area contributed by atoms with Crippen molar-refractivity contribution in [2.45, 2.75) is 59.0 Å². The maximum Gasteiger partial charge on any atom is 0.0830 e. The van der Waals surface area contributed by atoms with Crippen LogP contribution in [0.1, 0.15) is 52.9 Å². The van der Waals surface area contributed by atoms with Crippen LogP contribution in [0.4, 0.5) is 0 Å². The summed E-state index contributed by atoms with van der Waals surface area (Å²) in [5, 5.41) is 0. The lowest BCUT2D eigenvalue weighted by molar-refractivity contribution is -0.0123. The SMILES string of the molecule is CCCCC(C)(CC)CO[C@H]1CCOC1. The normalized spacial score (nSPS) is 25.4. The van der Waals surface area contributed by atoms with Gasteiger partial charge in [-0.1, -0.05) is 33.6 Å². The molecule has 0 amide bonds. The van der Waals surface area contributed by atoms with Crippen LogP contribution in [0.25, 0.3) is 0 Å². The lowest BCUT2D eigenvalue weighted by Crippen LogP contribution is -2.26. The first-order valence-corrected chi connectivity index (χ1v) is 6.39. The van der Waals surface area contributed by atoms with E-state index in [4.69, 9.17) is 9.47 Å². The van der Waals surface area contributed by atoms with Gasteiger partial charge in [-0.3, -0.25) is 0 Å². The highest BCUT2D eigenvalue weighted by molar-refractivity contribution is 4.74. The molecule has 0 radical (unpaired) electrons. The zero-order valence-electron chi connectivity index (χ0n) is 10.6. The number of hydrogen-bond donors (Lipinski definition) is 0. The largest absolute Gasteiger partial charge is 0.379 e. The summed E-state index contributed by atoms with van der Waals surface area (Å²) >= 11 is 0. The van der Waals surface area contributed by atoms with Gasteiger partial charge in [0.05, 0.1) is 19.3 Å². The van der Waals surface area contributed by atoms with Gasteiger partial charge >= 0.3 is 0 Å². The molecule has 15 heavy (non-hydrogen) atoms. The Morgan fingerprint density at radius 3 is 2.73 bits per heavy atom. The van der Waals surface area contributed by atoms with Gasteiger partial charge < -0.3 is 9.47 Å². The number of unbranched alkanes of at least 4 members (excludes halogenated alkanes) is 1. The smallest absolute Gasteiger partial charge is 0.0830 e. The fourth-order valence-corrected chi connectivity index (χ4v) is 1.92. The minimum Gasteiger partial charge on any atom is -0.379 e. The van der Waals surface area contributed by atoms with Gasteiger partial charge in [0.2, 0.25) is 0 Å². The summed E-state index contributed by atoms with van der Waals surface area (Å²) in [4.78, 5) is 0. The molecule has 2 heteroatoms. The van der Waals surface area contributed by atoms with Crippen molar-refractivity contribution in [1.82, 2.24) is 0 Å². The van der Waals surface area contributed by atoms with Crippen LogP contribution in [0, 0.1) is 5.41 Å². The second-order valence-corrected chi connectivity index (χ2v) is 5.06. The monoisotopic (exact) mass is 214 g/mol. The molecule has 0 aromatic rings. The van der Waals surface area contributed by atoms with Crippen LogP contribution in [-0.4, -0.2) is 25.9 Å². The van der Waals surface area contributed by atoms with Crippen LogP contribution >= 0.6 is 0 Å². The van der Waals surface area contributed by atoms with Gasteiger partial charge in [0, 0.05) is 6.61 Å². The maximum absolute atomic E-state index is 5.93. The van der Waals surface area contributed by atoms with Crippen LogP contribution < -0.4 is 0 Å². The molecule has 1 rings (SSSR count).